The Labute approximate surface area is 132 Å². The van der Waals surface area contributed by atoms with Gasteiger partial charge in [0, 0.05) is 12.3 Å². The van der Waals surface area contributed by atoms with Gasteiger partial charge in [0.15, 0.2) is 0 Å². The number of phenols is 1. The molecule has 0 unspecified atom stereocenters. The van der Waals surface area contributed by atoms with Gasteiger partial charge in [-0.1, -0.05) is 29.8 Å². The fourth-order valence-corrected chi connectivity index (χ4v) is 2.40. The van der Waals surface area contributed by atoms with Gasteiger partial charge in [0.25, 0.3) is 5.56 Å². The Balaban J connectivity index is 2.11. The van der Waals surface area contributed by atoms with Gasteiger partial charge in [-0.05, 0) is 42.3 Å². The molecule has 2 heterocycles. The number of hydrogen-bond donors (Lipinski definition) is 1. The van der Waals surface area contributed by atoms with Crippen LogP contribution in [0.4, 0.5) is 0 Å². The first-order valence-electron chi connectivity index (χ1n) is 6.70. The number of phenolic OH excluding ortho intramolecular Hbond substituents is 1. The molecule has 0 aliphatic rings. The fourth-order valence-electron chi connectivity index (χ4n) is 2.17. The van der Waals surface area contributed by atoms with Crippen molar-refractivity contribution in [3.8, 4) is 5.75 Å². The standard InChI is InChI=1S/C17H13ClN2O2/c1-11-3-2-8-20-16(22)10-15(19-17(11)20)14(18)9-12-4-6-13(21)7-5-12/h2-10,21H,1H3/b14-9-. The van der Waals surface area contributed by atoms with E-state index in [1.165, 1.54) is 10.5 Å². The lowest BCUT2D eigenvalue weighted by Crippen LogP contribution is -2.15. The summed E-state index contributed by atoms with van der Waals surface area (Å²) in [7, 11) is 0. The Bertz CT molecular complexity index is 928. The van der Waals surface area contributed by atoms with Crippen molar-refractivity contribution in [3.05, 3.63) is 75.8 Å². The van der Waals surface area contributed by atoms with Gasteiger partial charge in [0.05, 0.1) is 10.7 Å². The normalized spacial score (nSPS) is 11.8. The van der Waals surface area contributed by atoms with Gasteiger partial charge in [-0.25, -0.2) is 4.98 Å². The zero-order chi connectivity index (χ0) is 15.7. The average molecular weight is 313 g/mol. The van der Waals surface area contributed by atoms with Crippen LogP contribution in [0.25, 0.3) is 16.8 Å². The second-order valence-electron chi connectivity index (χ2n) is 4.95. The number of benzene rings is 1. The van der Waals surface area contributed by atoms with Crippen LogP contribution >= 0.6 is 11.6 Å². The predicted molar refractivity (Wildman–Crippen MR) is 88.0 cm³/mol. The van der Waals surface area contributed by atoms with Crippen LogP contribution in [0, 0.1) is 6.92 Å². The molecule has 4 nitrogen and oxygen atoms in total. The summed E-state index contributed by atoms with van der Waals surface area (Å²) in [5.41, 5.74) is 2.54. The van der Waals surface area contributed by atoms with E-state index in [-0.39, 0.29) is 11.3 Å². The average Bonchev–Trinajstić information content (AvgIpc) is 2.50. The molecule has 0 bridgehead atoms. The van der Waals surface area contributed by atoms with Crippen molar-refractivity contribution in [2.75, 3.05) is 0 Å². The molecule has 0 amide bonds. The number of aromatic hydroxyl groups is 1. The van der Waals surface area contributed by atoms with Crippen LogP contribution in [0.5, 0.6) is 5.75 Å². The van der Waals surface area contributed by atoms with Crippen LogP contribution in [0.3, 0.4) is 0 Å². The summed E-state index contributed by atoms with van der Waals surface area (Å²) < 4.78 is 1.49. The molecule has 110 valence electrons. The molecule has 3 rings (SSSR count). The molecule has 0 radical (unpaired) electrons. The molecule has 0 saturated heterocycles. The van der Waals surface area contributed by atoms with Crippen LogP contribution in [0.15, 0.2) is 53.5 Å². The van der Waals surface area contributed by atoms with E-state index >= 15 is 0 Å². The predicted octanol–water partition coefficient (Wildman–Crippen LogP) is 3.45. The van der Waals surface area contributed by atoms with Crippen molar-refractivity contribution in [1.29, 1.82) is 0 Å². The van der Waals surface area contributed by atoms with Gasteiger partial charge in [-0.2, -0.15) is 0 Å². The molecular weight excluding hydrogens is 300 g/mol. The van der Waals surface area contributed by atoms with Gasteiger partial charge in [0.1, 0.15) is 11.4 Å². The van der Waals surface area contributed by atoms with Crippen LogP contribution in [-0.2, 0) is 0 Å². The zero-order valence-corrected chi connectivity index (χ0v) is 12.6. The molecule has 22 heavy (non-hydrogen) atoms. The summed E-state index contributed by atoms with van der Waals surface area (Å²) in [6.07, 6.45) is 3.39. The molecule has 0 aliphatic carbocycles. The van der Waals surface area contributed by atoms with Crippen molar-refractivity contribution in [2.45, 2.75) is 6.92 Å². The Kier molecular flexibility index (Phi) is 3.69. The molecule has 0 fully saturated rings. The minimum Gasteiger partial charge on any atom is -0.508 e. The molecular formula is C17H13ClN2O2. The van der Waals surface area contributed by atoms with Crippen molar-refractivity contribution < 1.29 is 5.11 Å². The highest BCUT2D eigenvalue weighted by molar-refractivity contribution is 6.51. The number of hydrogen-bond acceptors (Lipinski definition) is 3. The quantitative estimate of drug-likeness (QED) is 0.788. The molecule has 0 aliphatic heterocycles. The number of halogens is 1. The largest absolute Gasteiger partial charge is 0.508 e. The maximum atomic E-state index is 12.2. The van der Waals surface area contributed by atoms with Crippen LogP contribution in [-0.4, -0.2) is 14.5 Å². The number of fused-ring (bicyclic) bond motifs is 1. The highest BCUT2D eigenvalue weighted by Crippen LogP contribution is 2.21. The van der Waals surface area contributed by atoms with Gasteiger partial charge in [-0.3, -0.25) is 9.20 Å². The van der Waals surface area contributed by atoms with Crippen molar-refractivity contribution in [1.82, 2.24) is 9.38 Å². The second-order valence-corrected chi connectivity index (χ2v) is 5.36. The summed E-state index contributed by atoms with van der Waals surface area (Å²) in [5, 5.41) is 9.65. The lowest BCUT2D eigenvalue weighted by Gasteiger charge is -2.05. The molecule has 1 aromatic carbocycles. The molecule has 3 aromatic rings. The van der Waals surface area contributed by atoms with Crippen molar-refractivity contribution in [2.24, 2.45) is 0 Å². The minimum atomic E-state index is -0.180. The van der Waals surface area contributed by atoms with E-state index < -0.39 is 0 Å². The Hall–Kier alpha value is -2.59. The third kappa shape index (κ3) is 2.73. The maximum absolute atomic E-state index is 12.2. The Morgan fingerprint density at radius 3 is 2.73 bits per heavy atom. The van der Waals surface area contributed by atoms with E-state index in [0.717, 1.165) is 11.1 Å². The highest BCUT2D eigenvalue weighted by atomic mass is 35.5. The van der Waals surface area contributed by atoms with E-state index in [2.05, 4.69) is 4.98 Å². The number of nitrogens with zero attached hydrogens (tertiary/aromatic N) is 2. The first kappa shape index (κ1) is 14.4. The number of pyridine rings is 1. The van der Waals surface area contributed by atoms with E-state index in [4.69, 9.17) is 11.6 Å². The smallest absolute Gasteiger partial charge is 0.258 e. The van der Waals surface area contributed by atoms with Gasteiger partial charge >= 0.3 is 0 Å². The Morgan fingerprint density at radius 1 is 1.27 bits per heavy atom. The fraction of sp³-hybridized carbons (Fsp3) is 0.0588. The lowest BCUT2D eigenvalue weighted by atomic mass is 10.2. The SMILES string of the molecule is Cc1cccn2c(=O)cc(/C(Cl)=C/c3ccc(O)cc3)nc12. The van der Waals surface area contributed by atoms with Gasteiger partial charge in [-0.15, -0.1) is 0 Å². The summed E-state index contributed by atoms with van der Waals surface area (Å²) in [6, 6.07) is 11.7. The highest BCUT2D eigenvalue weighted by Gasteiger charge is 2.07. The first-order valence-corrected chi connectivity index (χ1v) is 7.08. The molecule has 1 N–H and O–H groups in total. The van der Waals surface area contributed by atoms with E-state index in [1.807, 2.05) is 13.0 Å². The molecule has 5 heteroatoms. The van der Waals surface area contributed by atoms with E-state index in [9.17, 15) is 9.90 Å². The third-order valence-electron chi connectivity index (χ3n) is 3.32. The number of aromatic nitrogens is 2. The van der Waals surface area contributed by atoms with Gasteiger partial charge < -0.3 is 5.11 Å². The monoisotopic (exact) mass is 312 g/mol. The molecule has 0 saturated carbocycles. The molecule has 0 atom stereocenters. The van der Waals surface area contributed by atoms with E-state index in [0.29, 0.717) is 16.4 Å². The number of aryl methyl sites for hydroxylation is 1. The van der Waals surface area contributed by atoms with E-state index in [1.54, 1.807) is 42.6 Å². The Morgan fingerprint density at radius 2 is 2.00 bits per heavy atom. The topological polar surface area (TPSA) is 54.6 Å². The van der Waals surface area contributed by atoms with Crippen LogP contribution < -0.4 is 5.56 Å². The summed E-state index contributed by atoms with van der Waals surface area (Å²) in [6.45, 7) is 1.89. The van der Waals surface area contributed by atoms with Crippen LogP contribution in [0.1, 0.15) is 16.8 Å². The summed E-state index contributed by atoms with van der Waals surface area (Å²) in [5.74, 6) is 0.186. The second kappa shape index (κ2) is 5.66. The first-order chi connectivity index (χ1) is 10.5. The summed E-state index contributed by atoms with van der Waals surface area (Å²) >= 11 is 6.29. The van der Waals surface area contributed by atoms with Gasteiger partial charge in [0.2, 0.25) is 0 Å². The molecule has 2 aromatic heterocycles. The zero-order valence-electron chi connectivity index (χ0n) is 11.8. The molecule has 0 spiro atoms. The number of rotatable bonds is 2. The van der Waals surface area contributed by atoms with Crippen molar-refractivity contribution in [3.63, 3.8) is 0 Å². The maximum Gasteiger partial charge on any atom is 0.258 e. The van der Waals surface area contributed by atoms with Crippen LogP contribution in [0.2, 0.25) is 0 Å². The minimum absolute atomic E-state index is 0.180. The third-order valence-corrected chi connectivity index (χ3v) is 3.62. The summed E-state index contributed by atoms with van der Waals surface area (Å²) in [4.78, 5) is 16.6. The van der Waals surface area contributed by atoms with Crippen molar-refractivity contribution >= 4 is 28.4 Å². The lowest BCUT2D eigenvalue weighted by molar-refractivity contribution is 0.475.